The number of fused-ring (bicyclic) bond motifs is 1. The largest absolute Gasteiger partial charge is 0.497 e. The maximum atomic E-state index is 12.3. The third-order valence-electron chi connectivity index (χ3n) is 3.59. The molecular weight excluding hydrogens is 322 g/mol. The van der Waals surface area contributed by atoms with Crippen LogP contribution in [0.3, 0.4) is 0 Å². The number of pyridine rings is 1. The standard InChI is InChI=1S/C18H19N3O2S/c1-10(2)20-17(22)16-15(19)13-7-8-14(21-18(13)24-16)11-5-4-6-12(9-11)23-3/h4-10H,19H2,1-3H3,(H,20,22). The lowest BCUT2D eigenvalue weighted by Gasteiger charge is -2.06. The number of rotatable bonds is 4. The Hall–Kier alpha value is -2.60. The fourth-order valence-electron chi connectivity index (χ4n) is 2.44. The average Bonchev–Trinajstić information content (AvgIpc) is 2.91. The molecule has 3 aromatic rings. The Morgan fingerprint density at radius 2 is 2.08 bits per heavy atom. The lowest BCUT2D eigenvalue weighted by Crippen LogP contribution is -2.29. The molecular formula is C18H19N3O2S. The Bertz CT molecular complexity index is 902. The van der Waals surface area contributed by atoms with E-state index in [1.807, 2.05) is 50.2 Å². The summed E-state index contributed by atoms with van der Waals surface area (Å²) >= 11 is 1.31. The second kappa shape index (κ2) is 6.49. The number of methoxy groups -OCH3 is 1. The van der Waals surface area contributed by atoms with Gasteiger partial charge in [0.05, 0.1) is 18.5 Å². The summed E-state index contributed by atoms with van der Waals surface area (Å²) in [6.45, 7) is 3.83. The number of nitrogens with zero attached hydrogens (tertiary/aromatic N) is 1. The van der Waals surface area contributed by atoms with E-state index in [2.05, 4.69) is 10.3 Å². The van der Waals surface area contributed by atoms with Gasteiger partial charge in [0.15, 0.2) is 0 Å². The monoisotopic (exact) mass is 341 g/mol. The summed E-state index contributed by atoms with van der Waals surface area (Å²) in [6, 6.07) is 11.6. The minimum atomic E-state index is -0.159. The zero-order chi connectivity index (χ0) is 17.3. The molecule has 0 radical (unpaired) electrons. The van der Waals surface area contributed by atoms with Crippen LogP contribution in [0, 0.1) is 0 Å². The molecule has 0 fully saturated rings. The first-order valence-corrected chi connectivity index (χ1v) is 8.45. The van der Waals surface area contributed by atoms with E-state index in [4.69, 9.17) is 10.5 Å². The van der Waals surface area contributed by atoms with Crippen molar-refractivity contribution in [3.8, 4) is 17.0 Å². The average molecular weight is 341 g/mol. The molecule has 3 N–H and O–H groups in total. The van der Waals surface area contributed by atoms with Gasteiger partial charge in [0.2, 0.25) is 0 Å². The van der Waals surface area contributed by atoms with Crippen LogP contribution in [0.4, 0.5) is 5.69 Å². The van der Waals surface area contributed by atoms with E-state index in [1.54, 1.807) is 7.11 Å². The van der Waals surface area contributed by atoms with Crippen LogP contribution >= 0.6 is 11.3 Å². The molecule has 1 aromatic carbocycles. The maximum absolute atomic E-state index is 12.3. The molecule has 124 valence electrons. The fourth-order valence-corrected chi connectivity index (χ4v) is 3.43. The number of amides is 1. The number of carbonyl (C=O) groups excluding carboxylic acids is 1. The van der Waals surface area contributed by atoms with Gasteiger partial charge in [-0.25, -0.2) is 4.98 Å². The molecule has 0 aliphatic heterocycles. The highest BCUT2D eigenvalue weighted by molar-refractivity contribution is 7.21. The summed E-state index contributed by atoms with van der Waals surface area (Å²) in [5.41, 5.74) is 8.40. The molecule has 1 amide bonds. The summed E-state index contributed by atoms with van der Waals surface area (Å²) < 4.78 is 5.26. The molecule has 3 rings (SSSR count). The highest BCUT2D eigenvalue weighted by Gasteiger charge is 2.18. The van der Waals surface area contributed by atoms with Crippen LogP contribution in [-0.2, 0) is 0 Å². The number of nitrogens with one attached hydrogen (secondary N) is 1. The topological polar surface area (TPSA) is 77.2 Å². The molecule has 0 saturated heterocycles. The van der Waals surface area contributed by atoms with Crippen molar-refractivity contribution in [2.45, 2.75) is 19.9 Å². The van der Waals surface area contributed by atoms with Crippen molar-refractivity contribution >= 4 is 33.1 Å². The highest BCUT2D eigenvalue weighted by Crippen LogP contribution is 2.34. The van der Waals surface area contributed by atoms with Crippen molar-refractivity contribution in [3.05, 3.63) is 41.3 Å². The van der Waals surface area contributed by atoms with E-state index in [0.717, 1.165) is 27.2 Å². The summed E-state index contributed by atoms with van der Waals surface area (Å²) in [6.07, 6.45) is 0. The van der Waals surface area contributed by atoms with Crippen LogP contribution in [0.25, 0.3) is 21.5 Å². The van der Waals surface area contributed by atoms with E-state index < -0.39 is 0 Å². The van der Waals surface area contributed by atoms with Gasteiger partial charge in [-0.2, -0.15) is 0 Å². The summed E-state index contributed by atoms with van der Waals surface area (Å²) in [5.74, 6) is 0.616. The summed E-state index contributed by atoms with van der Waals surface area (Å²) in [7, 11) is 1.63. The molecule has 0 aliphatic carbocycles. The lowest BCUT2D eigenvalue weighted by atomic mass is 10.1. The van der Waals surface area contributed by atoms with Crippen LogP contribution < -0.4 is 15.8 Å². The molecule has 0 aliphatic rings. The molecule has 0 atom stereocenters. The minimum absolute atomic E-state index is 0.0578. The Morgan fingerprint density at radius 3 is 2.79 bits per heavy atom. The van der Waals surface area contributed by atoms with Crippen molar-refractivity contribution in [2.24, 2.45) is 0 Å². The van der Waals surface area contributed by atoms with Gasteiger partial charge >= 0.3 is 0 Å². The van der Waals surface area contributed by atoms with E-state index in [-0.39, 0.29) is 11.9 Å². The Kier molecular flexibility index (Phi) is 4.40. The van der Waals surface area contributed by atoms with Gasteiger partial charge in [-0.15, -0.1) is 11.3 Å². The summed E-state index contributed by atoms with van der Waals surface area (Å²) in [4.78, 5) is 18.2. The molecule has 6 heteroatoms. The minimum Gasteiger partial charge on any atom is -0.497 e. The Labute approximate surface area is 144 Å². The Morgan fingerprint density at radius 1 is 1.29 bits per heavy atom. The van der Waals surface area contributed by atoms with Gasteiger partial charge in [0.25, 0.3) is 5.91 Å². The van der Waals surface area contributed by atoms with Crippen LogP contribution in [0.1, 0.15) is 23.5 Å². The lowest BCUT2D eigenvalue weighted by molar-refractivity contribution is 0.0948. The van der Waals surface area contributed by atoms with E-state index in [1.165, 1.54) is 11.3 Å². The zero-order valence-electron chi connectivity index (χ0n) is 13.8. The van der Waals surface area contributed by atoms with Gasteiger partial charge in [0.1, 0.15) is 15.5 Å². The van der Waals surface area contributed by atoms with Crippen LogP contribution in [0.2, 0.25) is 0 Å². The highest BCUT2D eigenvalue weighted by atomic mass is 32.1. The van der Waals surface area contributed by atoms with Crippen LogP contribution in [0.15, 0.2) is 36.4 Å². The number of benzene rings is 1. The first-order chi connectivity index (χ1) is 11.5. The quantitative estimate of drug-likeness (QED) is 0.759. The van der Waals surface area contributed by atoms with Crippen molar-refractivity contribution in [1.29, 1.82) is 0 Å². The normalized spacial score (nSPS) is 11.0. The molecule has 0 unspecified atom stereocenters. The summed E-state index contributed by atoms with van der Waals surface area (Å²) in [5, 5.41) is 3.68. The van der Waals surface area contributed by atoms with Crippen molar-refractivity contribution < 1.29 is 9.53 Å². The molecule has 0 bridgehead atoms. The molecule has 5 nitrogen and oxygen atoms in total. The van der Waals surface area contributed by atoms with Gasteiger partial charge in [-0.1, -0.05) is 12.1 Å². The number of carbonyl (C=O) groups is 1. The molecule has 0 spiro atoms. The van der Waals surface area contributed by atoms with Gasteiger partial charge in [-0.05, 0) is 38.1 Å². The number of nitrogen functional groups attached to an aromatic ring is 1. The van der Waals surface area contributed by atoms with Crippen LogP contribution in [0.5, 0.6) is 5.75 Å². The van der Waals surface area contributed by atoms with Gasteiger partial charge in [0, 0.05) is 17.0 Å². The second-order valence-corrected chi connectivity index (χ2v) is 6.75. The van der Waals surface area contributed by atoms with Crippen LogP contribution in [-0.4, -0.2) is 24.0 Å². The molecule has 2 heterocycles. The predicted molar refractivity (Wildman–Crippen MR) is 98.6 cm³/mol. The number of thiophene rings is 1. The third-order valence-corrected chi connectivity index (χ3v) is 4.70. The number of aromatic nitrogens is 1. The SMILES string of the molecule is COc1cccc(-c2ccc3c(N)c(C(=O)NC(C)C)sc3n2)c1. The second-order valence-electron chi connectivity index (χ2n) is 5.75. The first-order valence-electron chi connectivity index (χ1n) is 7.64. The number of ether oxygens (including phenoxy) is 1. The van der Waals surface area contributed by atoms with Gasteiger partial charge in [-0.3, -0.25) is 4.79 Å². The molecule has 24 heavy (non-hydrogen) atoms. The number of nitrogens with two attached hydrogens (primary N) is 1. The van der Waals surface area contributed by atoms with Gasteiger partial charge < -0.3 is 15.8 Å². The third kappa shape index (κ3) is 3.05. The number of hydrogen-bond acceptors (Lipinski definition) is 5. The number of anilines is 1. The van der Waals surface area contributed by atoms with Crippen molar-refractivity contribution in [2.75, 3.05) is 12.8 Å². The first kappa shape index (κ1) is 16.3. The molecule has 0 saturated carbocycles. The Balaban J connectivity index is 2.04. The van der Waals surface area contributed by atoms with E-state index in [0.29, 0.717) is 10.6 Å². The number of hydrogen-bond donors (Lipinski definition) is 2. The van der Waals surface area contributed by atoms with Crippen molar-refractivity contribution in [3.63, 3.8) is 0 Å². The van der Waals surface area contributed by atoms with Crippen molar-refractivity contribution in [1.82, 2.24) is 10.3 Å². The maximum Gasteiger partial charge on any atom is 0.263 e. The van der Waals surface area contributed by atoms with E-state index >= 15 is 0 Å². The fraction of sp³-hybridized carbons (Fsp3) is 0.222. The zero-order valence-corrected chi connectivity index (χ0v) is 14.6. The predicted octanol–water partition coefficient (Wildman–Crippen LogP) is 3.69. The van der Waals surface area contributed by atoms with E-state index in [9.17, 15) is 4.79 Å². The molecule has 2 aromatic heterocycles. The smallest absolute Gasteiger partial charge is 0.263 e.